The van der Waals surface area contributed by atoms with Gasteiger partial charge in [-0.25, -0.2) is 9.97 Å². The first-order valence-electron chi connectivity index (χ1n) is 15.5. The minimum atomic E-state index is -2.04. The first-order chi connectivity index (χ1) is 22.1. The molecular formula is C42H32N2Si. The van der Waals surface area contributed by atoms with Crippen LogP contribution in [-0.2, 0) is 0 Å². The minimum Gasteiger partial charge on any atom is -0.237 e. The van der Waals surface area contributed by atoms with Crippen molar-refractivity contribution in [3.8, 4) is 67.2 Å². The van der Waals surface area contributed by atoms with E-state index in [0.29, 0.717) is 0 Å². The largest absolute Gasteiger partial charge is 0.237 e. The van der Waals surface area contributed by atoms with Crippen LogP contribution in [0.5, 0.6) is 0 Å². The van der Waals surface area contributed by atoms with Crippen LogP contribution in [0.25, 0.3) is 67.2 Å². The van der Waals surface area contributed by atoms with E-state index in [9.17, 15) is 0 Å². The lowest BCUT2D eigenvalue weighted by atomic mass is 9.97. The lowest BCUT2D eigenvalue weighted by Crippen LogP contribution is -2.50. The van der Waals surface area contributed by atoms with Gasteiger partial charge in [-0.3, -0.25) is 0 Å². The van der Waals surface area contributed by atoms with Crippen molar-refractivity contribution in [3.05, 3.63) is 158 Å². The highest BCUT2D eigenvalue weighted by Gasteiger charge is 2.41. The fraction of sp³-hybridized carbons (Fsp3) is 0.0476. The van der Waals surface area contributed by atoms with Gasteiger partial charge in [-0.2, -0.15) is 0 Å². The molecule has 0 bridgehead atoms. The molecule has 2 nitrogen and oxygen atoms in total. The summed E-state index contributed by atoms with van der Waals surface area (Å²) in [4.78, 5) is 10.7. The molecule has 45 heavy (non-hydrogen) atoms. The Kier molecular flexibility index (Phi) is 6.62. The van der Waals surface area contributed by atoms with Gasteiger partial charge < -0.3 is 0 Å². The van der Waals surface area contributed by atoms with Crippen molar-refractivity contribution in [3.63, 3.8) is 0 Å². The van der Waals surface area contributed by atoms with Crippen molar-refractivity contribution in [2.45, 2.75) is 13.1 Å². The molecule has 0 saturated carbocycles. The summed E-state index contributed by atoms with van der Waals surface area (Å²) >= 11 is 0. The molecule has 0 aliphatic carbocycles. The van der Waals surface area contributed by atoms with E-state index in [1.807, 2.05) is 0 Å². The molecule has 0 N–H and O–H groups in total. The predicted octanol–water partition coefficient (Wildman–Crippen LogP) is 9.61. The first kappa shape index (κ1) is 27.2. The average molecular weight is 593 g/mol. The highest BCUT2D eigenvalue weighted by Crippen LogP contribution is 2.38. The van der Waals surface area contributed by atoms with Crippen LogP contribution < -0.4 is 10.5 Å². The molecule has 0 atom stereocenters. The summed E-state index contributed by atoms with van der Waals surface area (Å²) in [6, 6.07) is 56.2. The van der Waals surface area contributed by atoms with E-state index in [2.05, 4.69) is 171 Å². The Morgan fingerprint density at radius 3 is 1.49 bits per heavy atom. The third-order valence-electron chi connectivity index (χ3n) is 9.06. The lowest BCUT2D eigenvalue weighted by Gasteiger charge is -2.19. The molecule has 0 radical (unpaired) electrons. The summed E-state index contributed by atoms with van der Waals surface area (Å²) in [6.45, 7) is 4.84. The van der Waals surface area contributed by atoms with Gasteiger partial charge in [0.15, 0.2) is 5.82 Å². The standard InChI is InChI=1S/C42H32N2Si/c1-45(2)38-22-10-9-21-37(38)39-40(36-20-12-19-35(28-36)30-15-7-4-8-16-30)43-41(44-42(39)45)32-25-23-31(24-26-32)34-18-11-17-33(27-34)29-13-5-3-6-14-29/h3-28H,1-2H3. The molecule has 7 aromatic rings. The van der Waals surface area contributed by atoms with Gasteiger partial charge in [0.05, 0.1) is 5.69 Å². The molecule has 1 aromatic heterocycles. The van der Waals surface area contributed by atoms with Crippen molar-refractivity contribution in [2.75, 3.05) is 0 Å². The van der Waals surface area contributed by atoms with Gasteiger partial charge >= 0.3 is 0 Å². The number of fused-ring (bicyclic) bond motifs is 3. The number of benzene rings is 6. The Bertz CT molecular complexity index is 2170. The summed E-state index contributed by atoms with van der Waals surface area (Å²) in [6.07, 6.45) is 0. The van der Waals surface area contributed by atoms with Crippen LogP contribution in [0.15, 0.2) is 158 Å². The van der Waals surface area contributed by atoms with Gasteiger partial charge in [-0.1, -0.05) is 159 Å². The fourth-order valence-electron chi connectivity index (χ4n) is 6.68. The zero-order valence-electron chi connectivity index (χ0n) is 25.4. The molecule has 0 amide bonds. The Morgan fingerprint density at radius 1 is 0.400 bits per heavy atom. The van der Waals surface area contributed by atoms with Crippen LogP contribution in [0.3, 0.4) is 0 Å². The molecule has 2 heterocycles. The maximum Gasteiger partial charge on any atom is 0.159 e. The molecule has 0 spiro atoms. The van der Waals surface area contributed by atoms with E-state index in [-0.39, 0.29) is 0 Å². The van der Waals surface area contributed by atoms with Gasteiger partial charge in [0.2, 0.25) is 0 Å². The first-order valence-corrected chi connectivity index (χ1v) is 18.5. The zero-order chi connectivity index (χ0) is 30.4. The van der Waals surface area contributed by atoms with Crippen LogP contribution in [0, 0.1) is 0 Å². The third-order valence-corrected chi connectivity index (χ3v) is 12.4. The van der Waals surface area contributed by atoms with Crippen LogP contribution in [0.1, 0.15) is 0 Å². The van der Waals surface area contributed by atoms with Gasteiger partial charge in [0.1, 0.15) is 8.07 Å². The zero-order valence-corrected chi connectivity index (χ0v) is 26.4. The fourth-order valence-corrected chi connectivity index (χ4v) is 9.59. The van der Waals surface area contributed by atoms with Crippen LogP contribution in [0.2, 0.25) is 13.1 Å². The van der Waals surface area contributed by atoms with Crippen molar-refractivity contribution in [1.82, 2.24) is 9.97 Å². The van der Waals surface area contributed by atoms with Crippen molar-refractivity contribution in [2.24, 2.45) is 0 Å². The summed E-state index contributed by atoms with van der Waals surface area (Å²) in [5.41, 5.74) is 12.8. The monoisotopic (exact) mass is 592 g/mol. The lowest BCUT2D eigenvalue weighted by molar-refractivity contribution is 1.21. The van der Waals surface area contributed by atoms with Gasteiger partial charge in [-0.15, -0.1) is 0 Å². The number of rotatable bonds is 5. The van der Waals surface area contributed by atoms with Crippen LogP contribution in [0.4, 0.5) is 0 Å². The van der Waals surface area contributed by atoms with E-state index in [1.54, 1.807) is 0 Å². The van der Waals surface area contributed by atoms with E-state index in [4.69, 9.17) is 9.97 Å². The second kappa shape index (κ2) is 11.0. The summed E-state index contributed by atoms with van der Waals surface area (Å²) in [7, 11) is -2.04. The maximum atomic E-state index is 5.36. The van der Waals surface area contributed by atoms with Crippen molar-refractivity contribution in [1.29, 1.82) is 0 Å². The number of hydrogen-bond donors (Lipinski definition) is 0. The molecule has 0 saturated heterocycles. The van der Waals surface area contributed by atoms with Gasteiger partial charge in [-0.05, 0) is 56.3 Å². The molecule has 1 aliphatic heterocycles. The molecule has 1 aliphatic rings. The number of nitrogens with zero attached hydrogens (tertiary/aromatic N) is 2. The highest BCUT2D eigenvalue weighted by molar-refractivity contribution is 7.03. The Balaban J connectivity index is 1.25. The SMILES string of the molecule is C[Si]1(C)c2ccccc2-c2c(-c3cccc(-c4ccccc4)c3)nc(-c3ccc(-c4cccc(-c5ccccc5)c4)cc3)nc21. The molecule has 8 rings (SSSR count). The van der Waals surface area contributed by atoms with E-state index >= 15 is 0 Å². The van der Waals surface area contributed by atoms with Gasteiger partial charge in [0.25, 0.3) is 0 Å². The smallest absolute Gasteiger partial charge is 0.159 e. The van der Waals surface area contributed by atoms with E-state index in [0.717, 1.165) is 22.6 Å². The summed E-state index contributed by atoms with van der Waals surface area (Å²) in [5.74, 6) is 0.784. The molecule has 0 unspecified atom stereocenters. The molecule has 214 valence electrons. The topological polar surface area (TPSA) is 25.8 Å². The Hall–Kier alpha value is -5.38. The van der Waals surface area contributed by atoms with Gasteiger partial charge in [0, 0.05) is 22.0 Å². The molecular weight excluding hydrogens is 561 g/mol. The Labute approximate surface area is 265 Å². The molecule has 0 fully saturated rings. The van der Waals surface area contributed by atoms with Crippen LogP contribution >= 0.6 is 0 Å². The van der Waals surface area contributed by atoms with Crippen molar-refractivity contribution < 1.29 is 0 Å². The van der Waals surface area contributed by atoms with Crippen LogP contribution in [-0.4, -0.2) is 18.0 Å². The van der Waals surface area contributed by atoms with E-state index < -0.39 is 8.07 Å². The number of hydrogen-bond acceptors (Lipinski definition) is 2. The molecule has 3 heteroatoms. The predicted molar refractivity (Wildman–Crippen MR) is 191 cm³/mol. The van der Waals surface area contributed by atoms with E-state index in [1.165, 1.54) is 55.0 Å². The third kappa shape index (κ3) is 4.82. The molecule has 6 aromatic carbocycles. The van der Waals surface area contributed by atoms with Crippen molar-refractivity contribution >= 4 is 18.6 Å². The maximum absolute atomic E-state index is 5.36. The second-order valence-electron chi connectivity index (χ2n) is 12.3. The number of aromatic nitrogens is 2. The quantitative estimate of drug-likeness (QED) is 0.186. The normalized spacial score (nSPS) is 12.8. The second-order valence-corrected chi connectivity index (χ2v) is 16.5. The summed E-state index contributed by atoms with van der Waals surface area (Å²) in [5, 5.41) is 2.65. The average Bonchev–Trinajstić information content (AvgIpc) is 3.35. The summed E-state index contributed by atoms with van der Waals surface area (Å²) < 4.78 is 0. The Morgan fingerprint density at radius 2 is 0.867 bits per heavy atom. The highest BCUT2D eigenvalue weighted by atomic mass is 28.3. The minimum absolute atomic E-state index is 0.784.